The Bertz CT molecular complexity index is 837. The van der Waals surface area contributed by atoms with Crippen LogP contribution in [0, 0.1) is 0 Å². The highest BCUT2D eigenvalue weighted by Gasteiger charge is 2.24. The van der Waals surface area contributed by atoms with Crippen molar-refractivity contribution in [3.8, 4) is 5.75 Å². The third-order valence-corrected chi connectivity index (χ3v) is 5.96. The highest BCUT2D eigenvalue weighted by molar-refractivity contribution is 5.30. The van der Waals surface area contributed by atoms with E-state index in [-0.39, 0.29) is 0 Å². The highest BCUT2D eigenvalue weighted by Crippen LogP contribution is 2.32. The number of nitrogens with zero attached hydrogens (tertiary/aromatic N) is 1. The second kappa shape index (κ2) is 9.07. The van der Waals surface area contributed by atoms with Gasteiger partial charge < -0.3 is 4.74 Å². The van der Waals surface area contributed by atoms with Gasteiger partial charge in [0.2, 0.25) is 0 Å². The molecule has 0 saturated carbocycles. The first-order chi connectivity index (χ1) is 13.8. The van der Waals surface area contributed by atoms with Gasteiger partial charge in [0.05, 0.1) is 0 Å². The van der Waals surface area contributed by atoms with Crippen LogP contribution < -0.4 is 4.74 Å². The minimum absolute atomic E-state index is 0.496. The Labute approximate surface area is 168 Å². The number of hydrogen-bond donors (Lipinski definition) is 0. The van der Waals surface area contributed by atoms with E-state index < -0.39 is 0 Å². The normalized spacial score (nSPS) is 16.6. The molecule has 1 saturated heterocycles. The fourth-order valence-electron chi connectivity index (χ4n) is 4.14. The zero-order valence-corrected chi connectivity index (χ0v) is 16.6. The largest absolute Gasteiger partial charge is 0.489 e. The summed E-state index contributed by atoms with van der Waals surface area (Å²) in [5, 5.41) is 0. The van der Waals surface area contributed by atoms with Crippen LogP contribution in [0.3, 0.4) is 0 Å². The van der Waals surface area contributed by atoms with E-state index in [1.165, 1.54) is 29.5 Å². The Hall–Kier alpha value is -2.58. The number of rotatable bonds is 6. The summed E-state index contributed by atoms with van der Waals surface area (Å²) in [7, 11) is 0. The summed E-state index contributed by atoms with van der Waals surface area (Å²) in [5.74, 6) is 1.60. The Kier molecular flexibility index (Phi) is 6.08. The number of ether oxygens (including phenoxy) is 1. The molecule has 2 nitrogen and oxygen atoms in total. The highest BCUT2D eigenvalue weighted by atomic mass is 16.5. The van der Waals surface area contributed by atoms with Crippen molar-refractivity contribution in [2.75, 3.05) is 13.1 Å². The molecule has 144 valence electrons. The van der Waals surface area contributed by atoms with E-state index in [1.54, 1.807) is 0 Å². The van der Waals surface area contributed by atoms with E-state index >= 15 is 0 Å². The molecule has 0 bridgehead atoms. The molecule has 28 heavy (non-hydrogen) atoms. The number of likely N-dealkylation sites (tertiary alicyclic amines) is 1. The molecule has 0 amide bonds. The maximum absolute atomic E-state index is 5.92. The van der Waals surface area contributed by atoms with Crippen LogP contribution in [0.15, 0.2) is 84.9 Å². The molecular formula is C26H29NO. The van der Waals surface area contributed by atoms with Gasteiger partial charge in [-0.2, -0.15) is 0 Å². The van der Waals surface area contributed by atoms with Crippen molar-refractivity contribution in [3.63, 3.8) is 0 Å². The first kappa shape index (κ1) is 18.8. The summed E-state index contributed by atoms with van der Waals surface area (Å²) in [6, 6.07) is 30.4. The van der Waals surface area contributed by atoms with E-state index in [1.807, 2.05) is 18.2 Å². The van der Waals surface area contributed by atoms with Crippen molar-refractivity contribution in [3.05, 3.63) is 102 Å². The lowest BCUT2D eigenvalue weighted by Crippen LogP contribution is -2.35. The first-order valence-corrected chi connectivity index (χ1v) is 10.4. The topological polar surface area (TPSA) is 12.5 Å². The van der Waals surface area contributed by atoms with E-state index in [0.29, 0.717) is 18.6 Å². The lowest BCUT2D eigenvalue weighted by Gasteiger charge is -2.36. The van der Waals surface area contributed by atoms with Crippen LogP contribution in [-0.4, -0.2) is 18.0 Å². The van der Waals surface area contributed by atoms with Gasteiger partial charge in [-0.05, 0) is 67.6 Å². The lowest BCUT2D eigenvalue weighted by molar-refractivity contribution is 0.162. The van der Waals surface area contributed by atoms with E-state index in [9.17, 15) is 0 Å². The van der Waals surface area contributed by atoms with Gasteiger partial charge in [-0.15, -0.1) is 0 Å². The summed E-state index contributed by atoms with van der Waals surface area (Å²) in [6.07, 6.45) is 2.45. The molecule has 0 aliphatic carbocycles. The monoisotopic (exact) mass is 371 g/mol. The van der Waals surface area contributed by atoms with Crippen molar-refractivity contribution in [2.24, 2.45) is 0 Å². The zero-order valence-electron chi connectivity index (χ0n) is 16.6. The molecule has 1 aliphatic rings. The Morgan fingerprint density at radius 1 is 0.821 bits per heavy atom. The minimum Gasteiger partial charge on any atom is -0.489 e. The van der Waals surface area contributed by atoms with Gasteiger partial charge in [-0.25, -0.2) is 0 Å². The molecule has 0 unspecified atom stereocenters. The molecule has 0 spiro atoms. The van der Waals surface area contributed by atoms with Gasteiger partial charge in [0.25, 0.3) is 0 Å². The molecular weight excluding hydrogens is 342 g/mol. The van der Waals surface area contributed by atoms with Crippen LogP contribution in [-0.2, 0) is 6.61 Å². The fourth-order valence-corrected chi connectivity index (χ4v) is 4.14. The quantitative estimate of drug-likeness (QED) is 0.511. The maximum Gasteiger partial charge on any atom is 0.119 e. The van der Waals surface area contributed by atoms with E-state index in [4.69, 9.17) is 4.74 Å². The van der Waals surface area contributed by atoms with Gasteiger partial charge in [0, 0.05) is 6.04 Å². The zero-order chi connectivity index (χ0) is 19.2. The summed E-state index contributed by atoms with van der Waals surface area (Å²) in [5.41, 5.74) is 4.06. The van der Waals surface area contributed by atoms with Gasteiger partial charge in [0.15, 0.2) is 0 Å². The number of hydrogen-bond acceptors (Lipinski definition) is 2. The SMILES string of the molecule is C[C@H](c1ccccc1)N1CCC(c2ccc(OCc3ccccc3)cc2)CC1. The summed E-state index contributed by atoms with van der Waals surface area (Å²) >= 11 is 0. The second-order valence-corrected chi connectivity index (χ2v) is 7.74. The predicted octanol–water partition coefficient (Wildman–Crippen LogP) is 6.21. The van der Waals surface area contributed by atoms with Crippen LogP contribution in [0.25, 0.3) is 0 Å². The van der Waals surface area contributed by atoms with Gasteiger partial charge in [-0.1, -0.05) is 72.8 Å². The Morgan fingerprint density at radius 2 is 1.43 bits per heavy atom. The summed E-state index contributed by atoms with van der Waals surface area (Å²) in [6.45, 7) is 5.27. The number of benzene rings is 3. The van der Waals surface area contributed by atoms with Crippen LogP contribution >= 0.6 is 0 Å². The molecule has 3 aromatic rings. The summed E-state index contributed by atoms with van der Waals surface area (Å²) in [4.78, 5) is 2.61. The van der Waals surface area contributed by atoms with Crippen LogP contribution in [0.1, 0.15) is 48.4 Å². The van der Waals surface area contributed by atoms with Crippen molar-refractivity contribution < 1.29 is 4.74 Å². The van der Waals surface area contributed by atoms with Crippen LogP contribution in [0.5, 0.6) is 5.75 Å². The van der Waals surface area contributed by atoms with Crippen molar-refractivity contribution in [1.82, 2.24) is 4.90 Å². The van der Waals surface area contributed by atoms with E-state index in [2.05, 4.69) is 78.6 Å². The molecule has 3 aromatic carbocycles. The van der Waals surface area contributed by atoms with Crippen molar-refractivity contribution in [2.45, 2.75) is 38.3 Å². The average Bonchev–Trinajstić information content (AvgIpc) is 2.79. The standard InChI is InChI=1S/C26H29NO/c1-21(23-10-6-3-7-11-23)27-18-16-25(17-19-27)24-12-14-26(15-13-24)28-20-22-8-4-2-5-9-22/h2-15,21,25H,16-20H2,1H3/t21-/m1/s1. The molecule has 0 radical (unpaired) electrons. The van der Waals surface area contributed by atoms with Crippen molar-refractivity contribution >= 4 is 0 Å². The summed E-state index contributed by atoms with van der Waals surface area (Å²) < 4.78 is 5.92. The predicted molar refractivity (Wildman–Crippen MR) is 116 cm³/mol. The third-order valence-electron chi connectivity index (χ3n) is 5.96. The third kappa shape index (κ3) is 4.63. The van der Waals surface area contributed by atoms with Crippen molar-refractivity contribution in [1.29, 1.82) is 0 Å². The molecule has 0 N–H and O–H groups in total. The average molecular weight is 372 g/mol. The molecule has 1 heterocycles. The van der Waals surface area contributed by atoms with Gasteiger partial charge in [0.1, 0.15) is 12.4 Å². The van der Waals surface area contributed by atoms with Gasteiger partial charge >= 0.3 is 0 Å². The van der Waals surface area contributed by atoms with E-state index in [0.717, 1.165) is 18.8 Å². The Morgan fingerprint density at radius 3 is 2.07 bits per heavy atom. The van der Waals surface area contributed by atoms with Crippen LogP contribution in [0.4, 0.5) is 0 Å². The first-order valence-electron chi connectivity index (χ1n) is 10.4. The molecule has 1 aliphatic heterocycles. The Balaban J connectivity index is 1.30. The lowest BCUT2D eigenvalue weighted by atomic mass is 9.88. The minimum atomic E-state index is 0.496. The second-order valence-electron chi connectivity index (χ2n) is 7.74. The van der Waals surface area contributed by atoms with Gasteiger partial charge in [-0.3, -0.25) is 4.90 Å². The van der Waals surface area contributed by atoms with Crippen LogP contribution in [0.2, 0.25) is 0 Å². The molecule has 2 heteroatoms. The maximum atomic E-state index is 5.92. The molecule has 1 fully saturated rings. The number of piperidine rings is 1. The fraction of sp³-hybridized carbons (Fsp3) is 0.308. The molecule has 0 aromatic heterocycles. The smallest absolute Gasteiger partial charge is 0.119 e. The molecule has 1 atom stereocenters. The molecule has 4 rings (SSSR count).